The number of carbonyl (C=O) groups is 1. The van der Waals surface area contributed by atoms with Crippen LogP contribution < -0.4 is 9.64 Å². The number of nitrogens with zero attached hydrogens (tertiary/aromatic N) is 3. The van der Waals surface area contributed by atoms with E-state index in [1.165, 1.54) is 19.5 Å². The summed E-state index contributed by atoms with van der Waals surface area (Å²) in [5.74, 6) is 0.400. The van der Waals surface area contributed by atoms with Crippen LogP contribution in [0.1, 0.15) is 16.8 Å². The van der Waals surface area contributed by atoms with Gasteiger partial charge in [0.15, 0.2) is 0 Å². The highest BCUT2D eigenvalue weighted by molar-refractivity contribution is 6.30. The molecule has 0 bridgehead atoms. The van der Waals surface area contributed by atoms with Crippen molar-refractivity contribution >= 4 is 23.4 Å². The number of esters is 1. The number of anilines is 1. The van der Waals surface area contributed by atoms with Gasteiger partial charge in [0.1, 0.15) is 11.9 Å². The van der Waals surface area contributed by atoms with Crippen LogP contribution in [0.5, 0.6) is 5.88 Å². The van der Waals surface area contributed by atoms with Crippen LogP contribution in [0.3, 0.4) is 0 Å². The number of alkyl halides is 2. The zero-order valence-corrected chi connectivity index (χ0v) is 15.7. The lowest BCUT2D eigenvalue weighted by molar-refractivity contribution is -0.131. The van der Waals surface area contributed by atoms with Crippen LogP contribution in [0.2, 0.25) is 5.02 Å². The molecule has 3 heterocycles. The van der Waals surface area contributed by atoms with E-state index in [1.54, 1.807) is 24.3 Å². The Balaban J connectivity index is 1.74. The fourth-order valence-corrected chi connectivity index (χ4v) is 3.09. The van der Waals surface area contributed by atoms with E-state index in [4.69, 9.17) is 16.3 Å². The number of pyridine rings is 2. The molecule has 0 spiro atoms. The molecule has 0 aromatic carbocycles. The van der Waals surface area contributed by atoms with E-state index in [1.807, 2.05) is 4.90 Å². The molecule has 0 aliphatic carbocycles. The maximum absolute atomic E-state index is 12.5. The topological polar surface area (TPSA) is 73.8 Å². The van der Waals surface area contributed by atoms with E-state index in [0.29, 0.717) is 35.2 Å². The van der Waals surface area contributed by atoms with Crippen molar-refractivity contribution in [3.63, 3.8) is 0 Å². The summed E-state index contributed by atoms with van der Waals surface area (Å²) in [5, 5.41) is 0.485. The quantitative estimate of drug-likeness (QED) is 0.645. The van der Waals surface area contributed by atoms with Gasteiger partial charge in [-0.3, -0.25) is 0 Å². The average Bonchev–Trinajstić information content (AvgIpc) is 3.10. The number of aromatic nitrogens is 2. The Labute approximate surface area is 165 Å². The van der Waals surface area contributed by atoms with Crippen molar-refractivity contribution in [2.45, 2.75) is 25.2 Å². The van der Waals surface area contributed by atoms with Gasteiger partial charge in [-0.15, -0.1) is 0 Å². The Hall–Kier alpha value is -2.52. The Bertz CT molecular complexity index is 792. The minimum Gasteiger partial charge on any atom is -0.472 e. The van der Waals surface area contributed by atoms with E-state index < -0.39 is 12.6 Å². The second-order valence-electron chi connectivity index (χ2n) is 6.09. The third-order valence-electron chi connectivity index (χ3n) is 4.24. The molecule has 1 aliphatic heterocycles. The smallest absolute Gasteiger partial charge is 0.345 e. The van der Waals surface area contributed by atoms with Gasteiger partial charge in [0.25, 0.3) is 0 Å². The van der Waals surface area contributed by atoms with E-state index in [-0.39, 0.29) is 18.8 Å². The van der Waals surface area contributed by atoms with Gasteiger partial charge in [-0.1, -0.05) is 11.6 Å². The van der Waals surface area contributed by atoms with Crippen molar-refractivity contribution in [2.24, 2.45) is 0 Å². The predicted molar refractivity (Wildman–Crippen MR) is 96.9 cm³/mol. The first-order chi connectivity index (χ1) is 13.5. The summed E-state index contributed by atoms with van der Waals surface area (Å²) in [5.41, 5.74) is 0.295. The van der Waals surface area contributed by atoms with E-state index in [0.717, 1.165) is 0 Å². The highest BCUT2D eigenvalue weighted by Crippen LogP contribution is 2.28. The maximum atomic E-state index is 12.5. The van der Waals surface area contributed by atoms with E-state index in [2.05, 4.69) is 19.4 Å². The van der Waals surface area contributed by atoms with Gasteiger partial charge < -0.3 is 19.1 Å². The fourth-order valence-electron chi connectivity index (χ4n) is 2.98. The number of rotatable bonds is 7. The predicted octanol–water partition coefficient (Wildman–Crippen LogP) is 3.18. The van der Waals surface area contributed by atoms with Crippen LogP contribution in [-0.4, -0.2) is 55.0 Å². The monoisotopic (exact) mass is 413 g/mol. The van der Waals surface area contributed by atoms with Crippen molar-refractivity contribution in [1.82, 2.24) is 9.97 Å². The van der Waals surface area contributed by atoms with Gasteiger partial charge >= 0.3 is 12.6 Å². The maximum Gasteiger partial charge on any atom is 0.345 e. The Morgan fingerprint density at radius 3 is 2.71 bits per heavy atom. The number of hydrogen-bond acceptors (Lipinski definition) is 7. The van der Waals surface area contributed by atoms with Crippen LogP contribution in [0.15, 0.2) is 36.7 Å². The third kappa shape index (κ3) is 5.05. The minimum atomic E-state index is -2.87. The van der Waals surface area contributed by atoms with Crippen molar-refractivity contribution in [3.8, 4) is 5.88 Å². The fraction of sp³-hybridized carbons (Fsp3) is 0.389. The zero-order valence-electron chi connectivity index (χ0n) is 14.9. The molecule has 2 aromatic rings. The second kappa shape index (κ2) is 9.11. The number of hydrogen-bond donors (Lipinski definition) is 0. The molecule has 0 unspecified atom stereocenters. The molecule has 2 atom stereocenters. The van der Waals surface area contributed by atoms with E-state index >= 15 is 0 Å². The molecule has 0 radical (unpaired) electrons. The van der Waals surface area contributed by atoms with Crippen LogP contribution in [0.4, 0.5) is 14.6 Å². The summed E-state index contributed by atoms with van der Waals surface area (Å²) in [6.07, 6.45) is 2.98. The number of ether oxygens (including phenoxy) is 3. The lowest BCUT2D eigenvalue weighted by atomic mass is 10.2. The molecule has 150 valence electrons. The summed E-state index contributed by atoms with van der Waals surface area (Å²) < 4.78 is 40.0. The van der Waals surface area contributed by atoms with Crippen molar-refractivity contribution < 1.29 is 27.8 Å². The average molecular weight is 414 g/mol. The van der Waals surface area contributed by atoms with Crippen LogP contribution in [0.25, 0.3) is 0 Å². The number of carbonyl (C=O) groups excluding carboxylic acids is 1. The molecule has 1 aliphatic rings. The van der Waals surface area contributed by atoms with Gasteiger partial charge in [-0.2, -0.15) is 8.78 Å². The molecule has 7 nitrogen and oxygen atoms in total. The van der Waals surface area contributed by atoms with Crippen LogP contribution in [-0.2, 0) is 9.47 Å². The summed E-state index contributed by atoms with van der Waals surface area (Å²) in [4.78, 5) is 21.7. The van der Waals surface area contributed by atoms with Crippen molar-refractivity contribution in [1.29, 1.82) is 0 Å². The molecule has 1 fully saturated rings. The molecule has 28 heavy (non-hydrogen) atoms. The lowest BCUT2D eigenvalue weighted by Crippen LogP contribution is -2.34. The summed E-state index contributed by atoms with van der Waals surface area (Å²) in [6, 6.07) is 6.11. The zero-order chi connectivity index (χ0) is 20.1. The number of methoxy groups -OCH3 is 1. The molecular weight excluding hydrogens is 396 g/mol. The summed E-state index contributed by atoms with van der Waals surface area (Å²) >= 11 is 5.82. The van der Waals surface area contributed by atoms with Gasteiger partial charge in [0, 0.05) is 24.9 Å². The SMILES string of the molecule is COC(=O)c1ccc(N2C[C@@H](Oc3ccc(Cl)cn3)C[C@H]2COC(F)F)nc1. The molecule has 2 aromatic heterocycles. The summed E-state index contributed by atoms with van der Waals surface area (Å²) in [7, 11) is 1.28. The van der Waals surface area contributed by atoms with Crippen molar-refractivity contribution in [2.75, 3.05) is 25.2 Å². The second-order valence-corrected chi connectivity index (χ2v) is 6.52. The van der Waals surface area contributed by atoms with Crippen molar-refractivity contribution in [3.05, 3.63) is 47.2 Å². The first-order valence-electron chi connectivity index (χ1n) is 8.45. The Morgan fingerprint density at radius 2 is 2.11 bits per heavy atom. The Kier molecular flexibility index (Phi) is 6.58. The van der Waals surface area contributed by atoms with Gasteiger partial charge in [-0.05, 0) is 18.2 Å². The normalized spacial score (nSPS) is 19.1. The van der Waals surface area contributed by atoms with Gasteiger partial charge in [0.05, 0.1) is 36.9 Å². The van der Waals surface area contributed by atoms with Crippen LogP contribution >= 0.6 is 11.6 Å². The standard InChI is InChI=1S/C18H18ClF2N3O4/c1-26-17(25)11-2-4-15(22-7-11)24-9-14(6-13(24)10-27-18(20)21)28-16-5-3-12(19)8-23-16/h2-5,7-8,13-14,18H,6,9-10H2,1H3/t13-,14-/m0/s1. The van der Waals surface area contributed by atoms with E-state index in [9.17, 15) is 13.6 Å². The highest BCUT2D eigenvalue weighted by Gasteiger charge is 2.35. The molecule has 3 rings (SSSR count). The molecule has 0 N–H and O–H groups in total. The van der Waals surface area contributed by atoms with Gasteiger partial charge in [0.2, 0.25) is 5.88 Å². The van der Waals surface area contributed by atoms with Gasteiger partial charge in [-0.25, -0.2) is 14.8 Å². The van der Waals surface area contributed by atoms with Crippen LogP contribution in [0, 0.1) is 0 Å². The molecule has 1 saturated heterocycles. The highest BCUT2D eigenvalue weighted by atomic mass is 35.5. The number of halogens is 3. The summed E-state index contributed by atoms with van der Waals surface area (Å²) in [6.45, 7) is -2.66. The molecule has 0 saturated carbocycles. The first-order valence-corrected chi connectivity index (χ1v) is 8.83. The largest absolute Gasteiger partial charge is 0.472 e. The molecular formula is C18H18ClF2N3O4. The molecule has 10 heteroatoms. The minimum absolute atomic E-state index is 0.188. The first kappa shape index (κ1) is 20.2. The molecule has 0 amide bonds. The lowest BCUT2D eigenvalue weighted by Gasteiger charge is -2.25. The third-order valence-corrected chi connectivity index (χ3v) is 4.47. The Morgan fingerprint density at radius 1 is 1.29 bits per heavy atom.